The number of hydrogen-bond acceptors (Lipinski definition) is 4. The Balaban J connectivity index is 1.81. The van der Waals surface area contributed by atoms with E-state index in [-0.39, 0.29) is 5.91 Å². The van der Waals surface area contributed by atoms with E-state index in [1.165, 1.54) is 0 Å². The summed E-state index contributed by atoms with van der Waals surface area (Å²) in [6.07, 6.45) is 0.397. The number of nitrogens with one attached hydrogen (secondary N) is 1. The molecule has 21 heavy (non-hydrogen) atoms. The first-order valence-electron chi connectivity index (χ1n) is 6.55. The molecule has 0 aliphatic carbocycles. The van der Waals surface area contributed by atoms with E-state index in [2.05, 4.69) is 10.3 Å². The van der Waals surface area contributed by atoms with Gasteiger partial charge >= 0.3 is 0 Å². The Labute approximate surface area is 131 Å². The first kappa shape index (κ1) is 14.0. The molecule has 1 N–H and O–H groups in total. The van der Waals surface area contributed by atoms with Crippen LogP contribution in [0, 0.1) is 6.92 Å². The van der Waals surface area contributed by atoms with E-state index in [1.54, 1.807) is 22.7 Å². The molecule has 2 aromatic heterocycles. The molecule has 0 saturated heterocycles. The molecule has 0 spiro atoms. The molecule has 0 fully saturated rings. The maximum Gasteiger partial charge on any atom is 0.228 e. The minimum absolute atomic E-state index is 0.00667. The molecule has 0 bridgehead atoms. The van der Waals surface area contributed by atoms with Crippen LogP contribution in [0.15, 0.2) is 46.5 Å². The fourth-order valence-corrected chi connectivity index (χ4v) is 3.36. The van der Waals surface area contributed by atoms with Gasteiger partial charge in [-0.15, -0.1) is 11.3 Å². The number of rotatable bonds is 4. The van der Waals surface area contributed by atoms with Crippen LogP contribution >= 0.6 is 22.7 Å². The number of thiazole rings is 1. The van der Waals surface area contributed by atoms with E-state index < -0.39 is 0 Å². The Hall–Kier alpha value is -1.98. The third-order valence-corrected chi connectivity index (χ3v) is 4.55. The fraction of sp³-hybridized carbons (Fsp3) is 0.125. The molecule has 0 unspecified atom stereocenters. The van der Waals surface area contributed by atoms with Crippen LogP contribution in [-0.4, -0.2) is 10.9 Å². The van der Waals surface area contributed by atoms with Crippen molar-refractivity contribution in [2.45, 2.75) is 13.3 Å². The second-order valence-electron chi connectivity index (χ2n) is 4.65. The first-order chi connectivity index (χ1) is 10.2. The summed E-state index contributed by atoms with van der Waals surface area (Å²) in [6, 6.07) is 9.74. The van der Waals surface area contributed by atoms with Crippen molar-refractivity contribution in [1.82, 2.24) is 4.98 Å². The third-order valence-electron chi connectivity index (χ3n) is 3.04. The minimum Gasteiger partial charge on any atom is -0.325 e. The molecule has 0 saturated carbocycles. The van der Waals surface area contributed by atoms with Gasteiger partial charge in [-0.3, -0.25) is 4.79 Å². The van der Waals surface area contributed by atoms with Crippen LogP contribution in [0.2, 0.25) is 0 Å². The third kappa shape index (κ3) is 3.37. The van der Waals surface area contributed by atoms with Crippen LogP contribution in [0.3, 0.4) is 0 Å². The van der Waals surface area contributed by atoms with Gasteiger partial charge in [0.15, 0.2) is 0 Å². The fourth-order valence-electron chi connectivity index (χ4n) is 2.08. The number of hydrogen-bond donors (Lipinski definition) is 1. The normalized spacial score (nSPS) is 10.5. The van der Waals surface area contributed by atoms with Crippen LogP contribution in [0.1, 0.15) is 10.6 Å². The zero-order chi connectivity index (χ0) is 14.7. The Kier molecular flexibility index (Phi) is 4.13. The zero-order valence-corrected chi connectivity index (χ0v) is 13.1. The van der Waals surface area contributed by atoms with E-state index in [1.807, 2.05) is 53.4 Å². The van der Waals surface area contributed by atoms with Crippen molar-refractivity contribution >= 4 is 34.3 Å². The Bertz CT molecular complexity index is 747. The van der Waals surface area contributed by atoms with Crippen LogP contribution in [0.25, 0.3) is 11.3 Å². The van der Waals surface area contributed by atoms with Gasteiger partial charge in [0.25, 0.3) is 0 Å². The summed E-state index contributed by atoms with van der Waals surface area (Å²) in [5.74, 6) is -0.00667. The van der Waals surface area contributed by atoms with Gasteiger partial charge in [-0.05, 0) is 35.4 Å². The summed E-state index contributed by atoms with van der Waals surface area (Å²) >= 11 is 3.21. The average Bonchev–Trinajstić information content (AvgIpc) is 3.11. The predicted molar refractivity (Wildman–Crippen MR) is 88.9 cm³/mol. The molecule has 1 amide bonds. The summed E-state index contributed by atoms with van der Waals surface area (Å²) < 4.78 is 0. The van der Waals surface area contributed by atoms with Crippen LogP contribution < -0.4 is 5.32 Å². The molecule has 5 heteroatoms. The van der Waals surface area contributed by atoms with E-state index in [4.69, 9.17) is 0 Å². The number of para-hydroxylation sites is 1. The number of nitrogens with zero attached hydrogens (tertiary/aromatic N) is 1. The molecule has 0 radical (unpaired) electrons. The molecule has 1 aromatic carbocycles. The number of aryl methyl sites for hydroxylation is 1. The van der Waals surface area contributed by atoms with E-state index in [0.29, 0.717) is 6.42 Å². The minimum atomic E-state index is -0.00667. The van der Waals surface area contributed by atoms with Gasteiger partial charge in [-0.25, -0.2) is 4.98 Å². The molecule has 3 nitrogen and oxygen atoms in total. The second kappa shape index (κ2) is 6.20. The summed E-state index contributed by atoms with van der Waals surface area (Å²) in [7, 11) is 0. The van der Waals surface area contributed by atoms with Gasteiger partial charge < -0.3 is 5.32 Å². The molecule has 0 aliphatic rings. The molecular formula is C16H14N2OS2. The largest absolute Gasteiger partial charge is 0.325 e. The van der Waals surface area contributed by atoms with Crippen molar-refractivity contribution in [3.63, 3.8) is 0 Å². The van der Waals surface area contributed by atoms with Crippen LogP contribution in [0.4, 0.5) is 5.69 Å². The van der Waals surface area contributed by atoms with Crippen LogP contribution in [0.5, 0.6) is 0 Å². The van der Waals surface area contributed by atoms with Gasteiger partial charge in [0, 0.05) is 10.9 Å². The zero-order valence-electron chi connectivity index (χ0n) is 11.5. The van der Waals surface area contributed by atoms with E-state index >= 15 is 0 Å². The number of thiophene rings is 1. The lowest BCUT2D eigenvalue weighted by molar-refractivity contribution is -0.115. The predicted octanol–water partition coefficient (Wildman–Crippen LogP) is 4.36. The lowest BCUT2D eigenvalue weighted by Gasteiger charge is -2.09. The van der Waals surface area contributed by atoms with E-state index in [9.17, 15) is 4.79 Å². The maximum absolute atomic E-state index is 12.1. The van der Waals surface area contributed by atoms with Gasteiger partial charge in [0.05, 0.1) is 22.8 Å². The van der Waals surface area contributed by atoms with Gasteiger partial charge in [0.2, 0.25) is 5.91 Å². The lowest BCUT2D eigenvalue weighted by Crippen LogP contribution is -2.14. The average molecular weight is 314 g/mol. The number of carbonyl (C=O) groups excluding carboxylic acids is 1. The molecule has 3 rings (SSSR count). The van der Waals surface area contributed by atoms with Gasteiger partial charge in [0.1, 0.15) is 0 Å². The topological polar surface area (TPSA) is 42.0 Å². The highest BCUT2D eigenvalue weighted by atomic mass is 32.1. The molecule has 106 valence electrons. The first-order valence-corrected chi connectivity index (χ1v) is 8.37. The molecular weight excluding hydrogens is 300 g/mol. The number of amides is 1. The SMILES string of the molecule is Cc1nc(-c2ccccc2NC(=O)Cc2ccsc2)cs1. The maximum atomic E-state index is 12.1. The van der Waals surface area contributed by atoms with Crippen molar-refractivity contribution in [3.8, 4) is 11.3 Å². The monoisotopic (exact) mass is 314 g/mol. The van der Waals surface area contributed by atoms with Gasteiger partial charge in [-0.1, -0.05) is 18.2 Å². The van der Waals surface area contributed by atoms with Crippen molar-refractivity contribution in [2.75, 3.05) is 5.32 Å². The van der Waals surface area contributed by atoms with E-state index in [0.717, 1.165) is 27.5 Å². The number of carbonyl (C=O) groups is 1. The highest BCUT2D eigenvalue weighted by Crippen LogP contribution is 2.28. The number of anilines is 1. The van der Waals surface area contributed by atoms with Crippen molar-refractivity contribution in [2.24, 2.45) is 0 Å². The molecule has 0 aliphatic heterocycles. The standard InChI is InChI=1S/C16H14N2OS2/c1-11-17-15(10-21-11)13-4-2-3-5-14(13)18-16(19)8-12-6-7-20-9-12/h2-7,9-10H,8H2,1H3,(H,18,19). The van der Waals surface area contributed by atoms with Gasteiger partial charge in [-0.2, -0.15) is 11.3 Å². The number of benzene rings is 1. The number of aromatic nitrogens is 1. The summed E-state index contributed by atoms with van der Waals surface area (Å²) in [4.78, 5) is 16.6. The van der Waals surface area contributed by atoms with Crippen molar-refractivity contribution in [3.05, 3.63) is 57.0 Å². The van der Waals surface area contributed by atoms with Crippen LogP contribution in [-0.2, 0) is 11.2 Å². The molecule has 3 aromatic rings. The Morgan fingerprint density at radius 1 is 1.24 bits per heavy atom. The molecule has 0 atom stereocenters. The Morgan fingerprint density at radius 3 is 2.81 bits per heavy atom. The second-order valence-corrected chi connectivity index (χ2v) is 6.50. The molecule has 2 heterocycles. The summed E-state index contributed by atoms with van der Waals surface area (Å²) in [5.41, 5.74) is 3.71. The van der Waals surface area contributed by atoms with Crippen molar-refractivity contribution in [1.29, 1.82) is 0 Å². The quantitative estimate of drug-likeness (QED) is 0.777. The highest BCUT2D eigenvalue weighted by molar-refractivity contribution is 7.09. The summed E-state index contributed by atoms with van der Waals surface area (Å²) in [5, 5.41) is 9.99. The van der Waals surface area contributed by atoms with Crippen molar-refractivity contribution < 1.29 is 4.79 Å². The highest BCUT2D eigenvalue weighted by Gasteiger charge is 2.11. The lowest BCUT2D eigenvalue weighted by atomic mass is 10.1. The smallest absolute Gasteiger partial charge is 0.228 e. The Morgan fingerprint density at radius 2 is 2.10 bits per heavy atom. The summed E-state index contributed by atoms with van der Waals surface area (Å²) in [6.45, 7) is 1.98.